The van der Waals surface area contributed by atoms with Gasteiger partial charge in [-0.3, -0.25) is 9.48 Å². The van der Waals surface area contributed by atoms with Crippen LogP contribution in [0.1, 0.15) is 27.3 Å². The number of carbonyl (C=O) groups excluding carboxylic acids is 1. The smallest absolute Gasteiger partial charge is 0.255 e. The lowest BCUT2D eigenvalue weighted by Crippen LogP contribution is -2.13. The molecule has 0 saturated heterocycles. The van der Waals surface area contributed by atoms with Crippen molar-refractivity contribution in [3.63, 3.8) is 0 Å². The van der Waals surface area contributed by atoms with E-state index in [1.165, 1.54) is 12.1 Å². The molecule has 140 valence electrons. The van der Waals surface area contributed by atoms with E-state index in [1.807, 2.05) is 13.8 Å². The fraction of sp³-hybridized carbons (Fsp3) is 0.200. The predicted octanol–water partition coefficient (Wildman–Crippen LogP) is 4.60. The summed E-state index contributed by atoms with van der Waals surface area (Å²) in [6.45, 7) is 4.06. The predicted molar refractivity (Wildman–Crippen MR) is 103 cm³/mol. The van der Waals surface area contributed by atoms with Gasteiger partial charge in [-0.15, -0.1) is 0 Å². The van der Waals surface area contributed by atoms with E-state index >= 15 is 0 Å². The normalized spacial score (nSPS) is 10.7. The van der Waals surface area contributed by atoms with Gasteiger partial charge in [0, 0.05) is 10.6 Å². The summed E-state index contributed by atoms with van der Waals surface area (Å²) in [5.41, 5.74) is 3.39. The SMILES string of the molecule is COc1ccc(C(=O)Nc2c(C)nn(Cc3ccc(F)cc3Cl)c2C)cc1. The summed E-state index contributed by atoms with van der Waals surface area (Å²) in [5.74, 6) is 0.0655. The lowest BCUT2D eigenvalue weighted by Gasteiger charge is -2.09. The van der Waals surface area contributed by atoms with Crippen LogP contribution < -0.4 is 10.1 Å². The molecule has 0 spiro atoms. The van der Waals surface area contributed by atoms with Crippen LogP contribution >= 0.6 is 11.6 Å². The van der Waals surface area contributed by atoms with Crippen molar-refractivity contribution in [3.8, 4) is 5.75 Å². The van der Waals surface area contributed by atoms with Crippen LogP contribution in [0, 0.1) is 19.7 Å². The molecule has 0 atom stereocenters. The van der Waals surface area contributed by atoms with Crippen molar-refractivity contribution < 1.29 is 13.9 Å². The number of benzene rings is 2. The summed E-state index contributed by atoms with van der Waals surface area (Å²) in [7, 11) is 1.57. The second-order valence-electron chi connectivity index (χ2n) is 6.12. The number of methoxy groups -OCH3 is 1. The number of aromatic nitrogens is 2. The van der Waals surface area contributed by atoms with Crippen molar-refractivity contribution in [1.82, 2.24) is 9.78 Å². The zero-order valence-corrected chi connectivity index (χ0v) is 16.0. The first-order chi connectivity index (χ1) is 12.9. The largest absolute Gasteiger partial charge is 0.497 e. The van der Waals surface area contributed by atoms with Gasteiger partial charge in [0.1, 0.15) is 11.6 Å². The van der Waals surface area contributed by atoms with Crippen LogP contribution in [0.4, 0.5) is 10.1 Å². The van der Waals surface area contributed by atoms with Gasteiger partial charge in [-0.1, -0.05) is 17.7 Å². The Morgan fingerprint density at radius 2 is 1.93 bits per heavy atom. The highest BCUT2D eigenvalue weighted by molar-refractivity contribution is 6.31. The molecule has 0 fully saturated rings. The number of ether oxygens (including phenoxy) is 1. The molecule has 0 radical (unpaired) electrons. The molecule has 1 N–H and O–H groups in total. The molecule has 2 aromatic carbocycles. The maximum absolute atomic E-state index is 13.2. The Hall–Kier alpha value is -2.86. The van der Waals surface area contributed by atoms with Crippen LogP contribution in [-0.4, -0.2) is 22.8 Å². The highest BCUT2D eigenvalue weighted by Gasteiger charge is 2.16. The molecule has 5 nitrogen and oxygen atoms in total. The van der Waals surface area contributed by atoms with Crippen molar-refractivity contribution in [1.29, 1.82) is 0 Å². The summed E-state index contributed by atoms with van der Waals surface area (Å²) >= 11 is 6.11. The Balaban J connectivity index is 1.81. The molecule has 1 aromatic heterocycles. The molecule has 1 amide bonds. The Morgan fingerprint density at radius 3 is 2.56 bits per heavy atom. The minimum atomic E-state index is -0.385. The van der Waals surface area contributed by atoms with Crippen molar-refractivity contribution in [2.24, 2.45) is 0 Å². The average molecular weight is 388 g/mol. The Labute approximate surface area is 161 Å². The van der Waals surface area contributed by atoms with E-state index in [-0.39, 0.29) is 11.7 Å². The molecular formula is C20H19ClFN3O2. The van der Waals surface area contributed by atoms with Crippen molar-refractivity contribution in [3.05, 3.63) is 75.8 Å². The number of nitrogens with zero attached hydrogens (tertiary/aromatic N) is 2. The van der Waals surface area contributed by atoms with Crippen LogP contribution in [0.25, 0.3) is 0 Å². The molecule has 7 heteroatoms. The van der Waals surface area contributed by atoms with E-state index in [2.05, 4.69) is 10.4 Å². The molecule has 0 aliphatic heterocycles. The molecule has 0 aliphatic rings. The Bertz CT molecular complexity index is 984. The van der Waals surface area contributed by atoms with E-state index in [0.717, 1.165) is 11.3 Å². The second kappa shape index (κ2) is 7.80. The molecule has 1 heterocycles. The minimum Gasteiger partial charge on any atom is -0.497 e. The lowest BCUT2D eigenvalue weighted by atomic mass is 10.2. The summed E-state index contributed by atoms with van der Waals surface area (Å²) in [6, 6.07) is 11.1. The third kappa shape index (κ3) is 4.11. The van der Waals surface area contributed by atoms with E-state index < -0.39 is 0 Å². The van der Waals surface area contributed by atoms with E-state index in [9.17, 15) is 9.18 Å². The monoisotopic (exact) mass is 387 g/mol. The summed E-state index contributed by atoms with van der Waals surface area (Å²) in [5, 5.41) is 7.72. The molecule has 3 aromatic rings. The van der Waals surface area contributed by atoms with Crippen molar-refractivity contribution in [2.45, 2.75) is 20.4 Å². The lowest BCUT2D eigenvalue weighted by molar-refractivity contribution is 0.102. The maximum Gasteiger partial charge on any atom is 0.255 e. The molecule has 0 aliphatic carbocycles. The van der Waals surface area contributed by atoms with Crippen molar-refractivity contribution in [2.75, 3.05) is 12.4 Å². The quantitative estimate of drug-likeness (QED) is 0.696. The number of hydrogen-bond acceptors (Lipinski definition) is 3. The van der Waals surface area contributed by atoms with Crippen LogP contribution in [0.15, 0.2) is 42.5 Å². The van der Waals surface area contributed by atoms with Crippen LogP contribution in [0.3, 0.4) is 0 Å². The highest BCUT2D eigenvalue weighted by atomic mass is 35.5. The fourth-order valence-corrected chi connectivity index (χ4v) is 3.00. The number of hydrogen-bond donors (Lipinski definition) is 1. The molecule has 0 unspecified atom stereocenters. The standard InChI is InChI=1S/C20H19ClFN3O2/c1-12-19(23-20(26)14-5-8-17(27-3)9-6-14)13(2)25(24-12)11-15-4-7-16(22)10-18(15)21/h4-10H,11H2,1-3H3,(H,23,26). The topological polar surface area (TPSA) is 56.1 Å². The molecular weight excluding hydrogens is 369 g/mol. The van der Waals surface area contributed by atoms with Gasteiger partial charge in [-0.2, -0.15) is 5.10 Å². The highest BCUT2D eigenvalue weighted by Crippen LogP contribution is 2.24. The number of carbonyl (C=O) groups is 1. The van der Waals surface area contributed by atoms with Gasteiger partial charge >= 0.3 is 0 Å². The van der Waals surface area contributed by atoms with Gasteiger partial charge in [-0.05, 0) is 55.8 Å². The second-order valence-corrected chi connectivity index (χ2v) is 6.53. The number of aryl methyl sites for hydroxylation is 1. The summed E-state index contributed by atoms with van der Waals surface area (Å²) in [6.07, 6.45) is 0. The number of amides is 1. The fourth-order valence-electron chi connectivity index (χ4n) is 2.77. The van der Waals surface area contributed by atoms with E-state index in [4.69, 9.17) is 16.3 Å². The first-order valence-corrected chi connectivity index (χ1v) is 8.70. The number of nitrogens with one attached hydrogen (secondary N) is 1. The Morgan fingerprint density at radius 1 is 1.22 bits per heavy atom. The van der Waals surface area contributed by atoms with E-state index in [1.54, 1.807) is 42.1 Å². The van der Waals surface area contributed by atoms with Gasteiger partial charge in [0.2, 0.25) is 0 Å². The van der Waals surface area contributed by atoms with E-state index in [0.29, 0.717) is 34.3 Å². The van der Waals surface area contributed by atoms with Gasteiger partial charge in [0.25, 0.3) is 5.91 Å². The Kier molecular flexibility index (Phi) is 5.46. The summed E-state index contributed by atoms with van der Waals surface area (Å²) in [4.78, 5) is 12.5. The van der Waals surface area contributed by atoms with Gasteiger partial charge in [-0.25, -0.2) is 4.39 Å². The van der Waals surface area contributed by atoms with Crippen LogP contribution in [0.5, 0.6) is 5.75 Å². The molecule has 3 rings (SSSR count). The molecule has 0 bridgehead atoms. The van der Waals surface area contributed by atoms with Gasteiger partial charge < -0.3 is 10.1 Å². The maximum atomic E-state index is 13.2. The molecule has 0 saturated carbocycles. The van der Waals surface area contributed by atoms with Gasteiger partial charge in [0.15, 0.2) is 0 Å². The van der Waals surface area contributed by atoms with Crippen LogP contribution in [0.2, 0.25) is 5.02 Å². The first-order valence-electron chi connectivity index (χ1n) is 8.32. The summed E-state index contributed by atoms with van der Waals surface area (Å²) < 4.78 is 20.1. The zero-order valence-electron chi connectivity index (χ0n) is 15.2. The van der Waals surface area contributed by atoms with Crippen molar-refractivity contribution >= 4 is 23.2 Å². The van der Waals surface area contributed by atoms with Crippen LogP contribution in [-0.2, 0) is 6.54 Å². The van der Waals surface area contributed by atoms with Gasteiger partial charge in [0.05, 0.1) is 30.7 Å². The zero-order chi connectivity index (χ0) is 19.6. The minimum absolute atomic E-state index is 0.233. The first kappa shape index (κ1) is 18.9. The number of halogens is 2. The number of anilines is 1. The number of rotatable bonds is 5. The third-order valence-corrected chi connectivity index (χ3v) is 4.66. The average Bonchev–Trinajstić information content (AvgIpc) is 2.91. The molecule has 27 heavy (non-hydrogen) atoms. The third-order valence-electron chi connectivity index (χ3n) is 4.31.